The van der Waals surface area contributed by atoms with Crippen LogP contribution in [-0.2, 0) is 9.47 Å². The van der Waals surface area contributed by atoms with Crippen molar-refractivity contribution in [3.05, 3.63) is 34.9 Å². The molecule has 3 amide bonds. The Morgan fingerprint density at radius 3 is 2.70 bits per heavy atom. The Bertz CT molecular complexity index is 836. The first-order chi connectivity index (χ1) is 18.0. The second kappa shape index (κ2) is 16.0. The van der Waals surface area contributed by atoms with Crippen molar-refractivity contribution in [2.75, 3.05) is 46.4 Å². The molecule has 1 saturated heterocycles. The number of nitrogens with one attached hydrogen (secondary N) is 3. The summed E-state index contributed by atoms with van der Waals surface area (Å²) in [7, 11) is 1.95. The molecular formula is C28H45ClN4O4. The van der Waals surface area contributed by atoms with Crippen LogP contribution >= 0.6 is 11.6 Å². The number of hydrogen-bond acceptors (Lipinski definition) is 5. The van der Waals surface area contributed by atoms with Gasteiger partial charge in [-0.1, -0.05) is 55.8 Å². The molecule has 37 heavy (non-hydrogen) atoms. The lowest BCUT2D eigenvalue weighted by Gasteiger charge is -2.38. The summed E-state index contributed by atoms with van der Waals surface area (Å²) in [6.07, 6.45) is 8.71. The number of carbonyl (C=O) groups excluding carboxylic acids is 2. The predicted molar refractivity (Wildman–Crippen MR) is 147 cm³/mol. The molecule has 3 unspecified atom stereocenters. The van der Waals surface area contributed by atoms with Crippen LogP contribution in [0.15, 0.2) is 24.3 Å². The zero-order valence-corrected chi connectivity index (χ0v) is 23.2. The van der Waals surface area contributed by atoms with Gasteiger partial charge in [-0.3, -0.25) is 0 Å². The third kappa shape index (κ3) is 9.98. The number of hydrogen-bond donors (Lipinski definition) is 3. The molecule has 0 bridgehead atoms. The molecule has 1 aliphatic heterocycles. The van der Waals surface area contributed by atoms with E-state index in [1.165, 1.54) is 32.1 Å². The number of amides is 3. The van der Waals surface area contributed by atoms with Gasteiger partial charge in [0.25, 0.3) is 0 Å². The van der Waals surface area contributed by atoms with Crippen molar-refractivity contribution in [3.63, 3.8) is 0 Å². The minimum absolute atomic E-state index is 0.00887. The minimum atomic E-state index is -0.449. The summed E-state index contributed by atoms with van der Waals surface area (Å²) >= 11 is 6.30. The Labute approximate surface area is 227 Å². The summed E-state index contributed by atoms with van der Waals surface area (Å²) in [5.41, 5.74) is 0.987. The topological polar surface area (TPSA) is 91.9 Å². The molecule has 2 aliphatic rings. The van der Waals surface area contributed by atoms with Crippen molar-refractivity contribution in [1.29, 1.82) is 0 Å². The number of urea groups is 1. The van der Waals surface area contributed by atoms with Gasteiger partial charge in [-0.15, -0.1) is 0 Å². The van der Waals surface area contributed by atoms with E-state index in [-0.39, 0.29) is 24.1 Å². The number of halogens is 1. The van der Waals surface area contributed by atoms with Crippen LogP contribution in [0.5, 0.6) is 0 Å². The summed E-state index contributed by atoms with van der Waals surface area (Å²) in [5.74, 6) is 0.826. The van der Waals surface area contributed by atoms with Crippen molar-refractivity contribution in [1.82, 2.24) is 20.9 Å². The quantitative estimate of drug-likeness (QED) is 0.322. The van der Waals surface area contributed by atoms with Gasteiger partial charge in [0.05, 0.1) is 19.3 Å². The summed E-state index contributed by atoms with van der Waals surface area (Å²) in [5, 5.41) is 9.94. The Hall–Kier alpha value is -2.03. The molecule has 0 spiro atoms. The number of ether oxygens (including phenoxy) is 2. The molecule has 3 N–H and O–H groups in total. The first kappa shape index (κ1) is 29.5. The van der Waals surface area contributed by atoms with Crippen molar-refractivity contribution in [3.8, 4) is 0 Å². The molecule has 1 aromatic rings. The van der Waals surface area contributed by atoms with Gasteiger partial charge in [0.15, 0.2) is 0 Å². The number of likely N-dealkylation sites (N-methyl/N-ethyl adjacent to an activating group) is 1. The molecule has 3 atom stereocenters. The van der Waals surface area contributed by atoms with E-state index in [1.54, 1.807) is 6.92 Å². The first-order valence-electron chi connectivity index (χ1n) is 14.0. The number of piperidine rings is 1. The molecule has 2 fully saturated rings. The predicted octanol–water partition coefficient (Wildman–Crippen LogP) is 5.12. The number of benzene rings is 1. The van der Waals surface area contributed by atoms with E-state index in [4.69, 9.17) is 21.1 Å². The van der Waals surface area contributed by atoms with Crippen LogP contribution < -0.4 is 16.0 Å². The van der Waals surface area contributed by atoms with E-state index < -0.39 is 6.09 Å². The number of alkyl carbamates (subject to hydrolysis) is 1. The van der Waals surface area contributed by atoms with Crippen LogP contribution in [0.2, 0.25) is 5.02 Å². The van der Waals surface area contributed by atoms with Gasteiger partial charge in [0, 0.05) is 43.2 Å². The summed E-state index contributed by atoms with van der Waals surface area (Å²) in [6, 6.07) is 7.86. The maximum atomic E-state index is 13.3. The summed E-state index contributed by atoms with van der Waals surface area (Å²) in [6.45, 7) is 4.92. The fourth-order valence-corrected chi connectivity index (χ4v) is 5.88. The van der Waals surface area contributed by atoms with Crippen molar-refractivity contribution < 1.29 is 19.1 Å². The van der Waals surface area contributed by atoms with E-state index in [0.29, 0.717) is 37.2 Å². The second-order valence-corrected chi connectivity index (χ2v) is 10.7. The standard InChI is InChI=1S/C28H45ClN4O4/c1-3-36-28(35)31-14-16-37-26(22-11-7-13-24(29)18-22)23-12-8-15-33(20-23)27(34)32-25(19-30-2)17-21-9-5-4-6-10-21/h7,11,13,18,21,23,25-26,30H,3-6,8-10,12,14-17,19-20H2,1-2H3,(H,31,35)(H,32,34). The van der Waals surface area contributed by atoms with Crippen molar-refractivity contribution in [2.24, 2.45) is 11.8 Å². The van der Waals surface area contributed by atoms with Gasteiger partial charge in [-0.05, 0) is 56.8 Å². The normalized spacial score (nSPS) is 20.2. The van der Waals surface area contributed by atoms with Gasteiger partial charge < -0.3 is 30.3 Å². The number of nitrogens with zero attached hydrogens (tertiary/aromatic N) is 1. The summed E-state index contributed by atoms with van der Waals surface area (Å²) < 4.78 is 11.2. The van der Waals surface area contributed by atoms with E-state index in [0.717, 1.165) is 37.9 Å². The highest BCUT2D eigenvalue weighted by molar-refractivity contribution is 6.30. The van der Waals surface area contributed by atoms with Gasteiger partial charge in [0.1, 0.15) is 0 Å². The molecule has 1 aliphatic carbocycles. The average molecular weight is 537 g/mol. The van der Waals surface area contributed by atoms with Gasteiger partial charge in [-0.25, -0.2) is 9.59 Å². The average Bonchev–Trinajstić information content (AvgIpc) is 2.89. The molecule has 1 heterocycles. The van der Waals surface area contributed by atoms with E-state index in [1.807, 2.05) is 36.2 Å². The maximum Gasteiger partial charge on any atom is 0.407 e. The van der Waals surface area contributed by atoms with E-state index in [9.17, 15) is 9.59 Å². The fourth-order valence-electron chi connectivity index (χ4n) is 5.68. The zero-order chi connectivity index (χ0) is 26.5. The highest BCUT2D eigenvalue weighted by Gasteiger charge is 2.32. The lowest BCUT2D eigenvalue weighted by molar-refractivity contribution is -0.00877. The molecule has 0 aromatic heterocycles. The van der Waals surface area contributed by atoms with Crippen LogP contribution in [0.1, 0.15) is 70.0 Å². The molecule has 3 rings (SSSR count). The third-order valence-electron chi connectivity index (χ3n) is 7.42. The van der Waals surface area contributed by atoms with Crippen LogP contribution in [0.25, 0.3) is 0 Å². The summed E-state index contributed by atoms with van der Waals surface area (Å²) in [4.78, 5) is 26.9. The highest BCUT2D eigenvalue weighted by Crippen LogP contribution is 2.34. The van der Waals surface area contributed by atoms with Crippen molar-refractivity contribution >= 4 is 23.7 Å². The fraction of sp³-hybridized carbons (Fsp3) is 0.714. The van der Waals surface area contributed by atoms with Gasteiger partial charge in [0.2, 0.25) is 0 Å². The molecule has 1 saturated carbocycles. The molecule has 1 aromatic carbocycles. The van der Waals surface area contributed by atoms with Crippen LogP contribution in [0.3, 0.4) is 0 Å². The monoisotopic (exact) mass is 536 g/mol. The van der Waals surface area contributed by atoms with Gasteiger partial charge >= 0.3 is 12.1 Å². The van der Waals surface area contributed by atoms with E-state index >= 15 is 0 Å². The second-order valence-electron chi connectivity index (χ2n) is 10.3. The Morgan fingerprint density at radius 2 is 1.97 bits per heavy atom. The lowest BCUT2D eigenvalue weighted by Crippen LogP contribution is -2.52. The lowest BCUT2D eigenvalue weighted by atomic mass is 9.85. The van der Waals surface area contributed by atoms with Gasteiger partial charge in [-0.2, -0.15) is 0 Å². The largest absolute Gasteiger partial charge is 0.450 e. The first-order valence-corrected chi connectivity index (χ1v) is 14.4. The van der Waals surface area contributed by atoms with Crippen molar-refractivity contribution in [2.45, 2.75) is 70.4 Å². The molecule has 8 nitrogen and oxygen atoms in total. The molecule has 0 radical (unpaired) electrons. The van der Waals surface area contributed by atoms with Crippen LogP contribution in [-0.4, -0.2) is 69.5 Å². The SMILES string of the molecule is CCOC(=O)NCCOC(c1cccc(Cl)c1)C1CCCN(C(=O)NC(CNC)CC2CCCCC2)C1. The third-order valence-corrected chi connectivity index (χ3v) is 7.65. The van der Waals surface area contributed by atoms with Crippen LogP contribution in [0, 0.1) is 11.8 Å². The zero-order valence-electron chi connectivity index (χ0n) is 22.5. The van der Waals surface area contributed by atoms with Crippen LogP contribution in [0.4, 0.5) is 9.59 Å². The molecule has 9 heteroatoms. The minimum Gasteiger partial charge on any atom is -0.450 e. The molecular weight excluding hydrogens is 492 g/mol. The highest BCUT2D eigenvalue weighted by atomic mass is 35.5. The number of likely N-dealkylation sites (tertiary alicyclic amines) is 1. The Morgan fingerprint density at radius 1 is 1.16 bits per heavy atom. The number of carbonyl (C=O) groups is 2. The maximum absolute atomic E-state index is 13.3. The molecule has 208 valence electrons. The smallest absolute Gasteiger partial charge is 0.407 e. The van der Waals surface area contributed by atoms with E-state index in [2.05, 4.69) is 16.0 Å². The number of rotatable bonds is 12. The Kier molecular flexibility index (Phi) is 12.8. The Balaban J connectivity index is 1.61.